The minimum absolute atomic E-state index is 0.120. The molecule has 2 N–H and O–H groups in total. The van der Waals surface area contributed by atoms with E-state index < -0.39 is 12.0 Å². The third-order valence-corrected chi connectivity index (χ3v) is 4.17. The first-order valence-corrected chi connectivity index (χ1v) is 7.71. The molecule has 0 radical (unpaired) electrons. The van der Waals surface area contributed by atoms with E-state index in [4.69, 9.17) is 5.11 Å². The molecule has 1 aliphatic carbocycles. The molecule has 1 amide bonds. The van der Waals surface area contributed by atoms with Gasteiger partial charge in [-0.25, -0.2) is 4.79 Å². The molecule has 4 nitrogen and oxygen atoms in total. The summed E-state index contributed by atoms with van der Waals surface area (Å²) in [5, 5.41) is 11.7. The number of carbonyl (C=O) groups excluding carboxylic acids is 1. The molecular weight excluding hydrogens is 334 g/mol. The van der Waals surface area contributed by atoms with Gasteiger partial charge in [0.2, 0.25) is 5.91 Å². The summed E-state index contributed by atoms with van der Waals surface area (Å²) in [6.07, 6.45) is 3.37. The molecule has 112 valence electrons. The number of carbonyl (C=O) groups is 2. The summed E-state index contributed by atoms with van der Waals surface area (Å²) in [7, 11) is 0. The molecule has 1 aromatic carbocycles. The second kappa shape index (κ2) is 6.89. The van der Waals surface area contributed by atoms with E-state index in [2.05, 4.69) is 27.8 Å². The second-order valence-electron chi connectivity index (χ2n) is 5.27. The zero-order valence-electron chi connectivity index (χ0n) is 11.6. The molecule has 1 aliphatic rings. The van der Waals surface area contributed by atoms with Crippen LogP contribution >= 0.6 is 15.9 Å². The first-order chi connectivity index (χ1) is 10.0. The van der Waals surface area contributed by atoms with Crippen molar-refractivity contribution in [3.05, 3.63) is 47.0 Å². The van der Waals surface area contributed by atoms with Crippen LogP contribution in [0.5, 0.6) is 0 Å². The van der Waals surface area contributed by atoms with Crippen LogP contribution in [0.3, 0.4) is 0 Å². The van der Waals surface area contributed by atoms with Crippen LogP contribution in [0.1, 0.15) is 30.7 Å². The highest BCUT2D eigenvalue weighted by Gasteiger charge is 2.44. The van der Waals surface area contributed by atoms with Crippen LogP contribution in [0.4, 0.5) is 0 Å². The minimum Gasteiger partial charge on any atom is -0.480 e. The zero-order valence-corrected chi connectivity index (χ0v) is 13.2. The van der Waals surface area contributed by atoms with Crippen LogP contribution in [0.2, 0.25) is 0 Å². The fourth-order valence-electron chi connectivity index (χ4n) is 2.41. The normalized spacial score (nSPS) is 21.4. The third-order valence-electron chi connectivity index (χ3n) is 3.68. The first kappa shape index (κ1) is 15.8. The summed E-state index contributed by atoms with van der Waals surface area (Å²) in [5.74, 6) is -1.09. The van der Waals surface area contributed by atoms with Gasteiger partial charge in [0.1, 0.15) is 6.04 Å². The Kier molecular flexibility index (Phi) is 5.17. The van der Waals surface area contributed by atoms with E-state index in [1.54, 1.807) is 6.08 Å². The van der Waals surface area contributed by atoms with Gasteiger partial charge in [-0.2, -0.15) is 0 Å². The topological polar surface area (TPSA) is 66.4 Å². The number of amides is 1. The first-order valence-electron chi connectivity index (χ1n) is 6.92. The predicted octanol–water partition coefficient (Wildman–Crippen LogP) is 3.09. The van der Waals surface area contributed by atoms with E-state index >= 15 is 0 Å². The van der Waals surface area contributed by atoms with E-state index in [1.165, 1.54) is 0 Å². The Balaban J connectivity index is 1.93. The van der Waals surface area contributed by atoms with Crippen LogP contribution in [0.25, 0.3) is 0 Å². The number of nitrogens with one attached hydrogen (secondary N) is 1. The molecule has 1 fully saturated rings. The number of hydrogen-bond acceptors (Lipinski definition) is 2. The number of benzene rings is 1. The van der Waals surface area contributed by atoms with Crippen LogP contribution in [0, 0.1) is 5.92 Å². The van der Waals surface area contributed by atoms with Gasteiger partial charge in [-0.3, -0.25) is 4.79 Å². The van der Waals surface area contributed by atoms with Crippen LogP contribution < -0.4 is 5.32 Å². The molecule has 21 heavy (non-hydrogen) atoms. The molecule has 0 bridgehead atoms. The van der Waals surface area contributed by atoms with Crippen molar-refractivity contribution in [1.82, 2.24) is 5.32 Å². The average Bonchev–Trinajstić information content (AvgIpc) is 3.23. The minimum atomic E-state index is -0.996. The van der Waals surface area contributed by atoms with Gasteiger partial charge in [0, 0.05) is 10.4 Å². The number of aliphatic carboxylic acids is 1. The molecule has 3 atom stereocenters. The van der Waals surface area contributed by atoms with Gasteiger partial charge in [0.25, 0.3) is 0 Å². The van der Waals surface area contributed by atoms with Crippen molar-refractivity contribution in [3.63, 3.8) is 0 Å². The molecule has 0 aromatic heterocycles. The number of allylic oxidation sites excluding steroid dienone is 1. The summed E-state index contributed by atoms with van der Waals surface area (Å²) in [6, 6.07) is 7.05. The number of carboxylic acids is 1. The molecule has 0 aliphatic heterocycles. The Morgan fingerprint density at radius 1 is 1.52 bits per heavy atom. The van der Waals surface area contributed by atoms with Crippen molar-refractivity contribution in [2.24, 2.45) is 5.92 Å². The highest BCUT2D eigenvalue weighted by atomic mass is 79.9. The van der Waals surface area contributed by atoms with E-state index in [9.17, 15) is 9.59 Å². The van der Waals surface area contributed by atoms with Gasteiger partial charge in [0.15, 0.2) is 0 Å². The summed E-state index contributed by atoms with van der Waals surface area (Å²) >= 11 is 3.42. The summed E-state index contributed by atoms with van der Waals surface area (Å²) in [6.45, 7) is 3.57. The molecule has 0 heterocycles. The van der Waals surface area contributed by atoms with Gasteiger partial charge in [-0.15, -0.1) is 6.58 Å². The second-order valence-corrected chi connectivity index (χ2v) is 6.18. The van der Waals surface area contributed by atoms with Gasteiger partial charge in [-0.05, 0) is 42.9 Å². The van der Waals surface area contributed by atoms with Crippen molar-refractivity contribution in [3.8, 4) is 0 Å². The standard InChI is InChI=1S/C16H18BrNO3/c1-2-3-7-14(16(20)21)18-15(19)13-9-12(13)10-5-4-6-11(17)8-10/h2,4-6,8,12-14H,1,3,7,9H2,(H,18,19)(H,20,21). The lowest BCUT2D eigenvalue weighted by atomic mass is 10.1. The molecule has 1 aromatic rings. The number of hydrogen-bond donors (Lipinski definition) is 2. The highest BCUT2D eigenvalue weighted by molar-refractivity contribution is 9.10. The van der Waals surface area contributed by atoms with Crippen molar-refractivity contribution in [1.29, 1.82) is 0 Å². The Hall–Kier alpha value is -1.62. The quantitative estimate of drug-likeness (QED) is 0.741. The van der Waals surface area contributed by atoms with Gasteiger partial charge in [-0.1, -0.05) is 34.1 Å². The summed E-state index contributed by atoms with van der Waals surface area (Å²) < 4.78 is 0.987. The lowest BCUT2D eigenvalue weighted by molar-refractivity contribution is -0.142. The lowest BCUT2D eigenvalue weighted by Crippen LogP contribution is -2.41. The van der Waals surface area contributed by atoms with E-state index in [0.717, 1.165) is 16.5 Å². The molecule has 1 saturated carbocycles. The van der Waals surface area contributed by atoms with Crippen molar-refractivity contribution in [2.45, 2.75) is 31.2 Å². The third kappa shape index (κ3) is 4.17. The molecule has 0 saturated heterocycles. The van der Waals surface area contributed by atoms with E-state index in [0.29, 0.717) is 12.8 Å². The maximum atomic E-state index is 12.1. The Morgan fingerprint density at radius 3 is 2.90 bits per heavy atom. The van der Waals surface area contributed by atoms with Crippen LogP contribution in [-0.2, 0) is 9.59 Å². The maximum absolute atomic E-state index is 12.1. The smallest absolute Gasteiger partial charge is 0.326 e. The molecule has 3 unspecified atom stereocenters. The van der Waals surface area contributed by atoms with Gasteiger partial charge in [0.05, 0.1) is 0 Å². The van der Waals surface area contributed by atoms with Crippen molar-refractivity contribution < 1.29 is 14.7 Å². The van der Waals surface area contributed by atoms with E-state index in [-0.39, 0.29) is 17.7 Å². The van der Waals surface area contributed by atoms with Gasteiger partial charge >= 0.3 is 5.97 Å². The Bertz CT molecular complexity index is 558. The monoisotopic (exact) mass is 351 g/mol. The molecule has 0 spiro atoms. The highest BCUT2D eigenvalue weighted by Crippen LogP contribution is 2.48. The number of halogens is 1. The van der Waals surface area contributed by atoms with Crippen LogP contribution in [-0.4, -0.2) is 23.0 Å². The van der Waals surface area contributed by atoms with E-state index in [1.807, 2.05) is 24.3 Å². The predicted molar refractivity (Wildman–Crippen MR) is 84.0 cm³/mol. The largest absolute Gasteiger partial charge is 0.480 e. The summed E-state index contributed by atoms with van der Waals surface area (Å²) in [4.78, 5) is 23.3. The fourth-order valence-corrected chi connectivity index (χ4v) is 2.83. The van der Waals surface area contributed by atoms with Crippen LogP contribution in [0.15, 0.2) is 41.4 Å². The Labute approximate surface area is 132 Å². The number of carboxylic acid groups (broad SMARTS) is 1. The number of rotatable bonds is 7. The average molecular weight is 352 g/mol. The van der Waals surface area contributed by atoms with Gasteiger partial charge < -0.3 is 10.4 Å². The summed E-state index contributed by atoms with van der Waals surface area (Å²) in [5.41, 5.74) is 1.11. The Morgan fingerprint density at radius 2 is 2.29 bits per heavy atom. The van der Waals surface area contributed by atoms with Crippen molar-refractivity contribution >= 4 is 27.8 Å². The zero-order chi connectivity index (χ0) is 15.4. The molecule has 2 rings (SSSR count). The lowest BCUT2D eigenvalue weighted by Gasteiger charge is -2.13. The van der Waals surface area contributed by atoms with Crippen molar-refractivity contribution in [2.75, 3.05) is 0 Å². The fraction of sp³-hybridized carbons (Fsp3) is 0.375. The maximum Gasteiger partial charge on any atom is 0.326 e. The SMILES string of the molecule is C=CCCC(NC(=O)C1CC1c1cccc(Br)c1)C(=O)O. The molecular formula is C16H18BrNO3. The molecule has 5 heteroatoms.